The highest BCUT2D eigenvalue weighted by molar-refractivity contribution is 5.73. The molecular formula is C19H25FN2O3. The highest BCUT2D eigenvalue weighted by Crippen LogP contribution is 2.21. The Hall–Kier alpha value is -2.21. The highest BCUT2D eigenvalue weighted by Gasteiger charge is 2.19. The summed E-state index contributed by atoms with van der Waals surface area (Å²) in [7, 11) is 1.85. The molecule has 5 nitrogen and oxygen atoms in total. The van der Waals surface area contributed by atoms with Crippen LogP contribution in [0, 0.1) is 5.82 Å². The predicted molar refractivity (Wildman–Crippen MR) is 93.8 cm³/mol. The Morgan fingerprint density at radius 1 is 1.32 bits per heavy atom. The van der Waals surface area contributed by atoms with Gasteiger partial charge in [0.05, 0.1) is 0 Å². The lowest BCUT2D eigenvalue weighted by atomic mass is 10.1. The zero-order chi connectivity index (χ0) is 18.2. The number of nitrogens with zero attached hydrogens (tertiary/aromatic N) is 2. The Morgan fingerprint density at radius 3 is 2.80 bits per heavy atom. The summed E-state index contributed by atoms with van der Waals surface area (Å²) in [5, 5.41) is 13.1. The summed E-state index contributed by atoms with van der Waals surface area (Å²) in [4.78, 5) is 13.0. The average Bonchev–Trinajstić information content (AvgIpc) is 3.04. The number of halogens is 1. The minimum atomic E-state index is -0.767. The second kappa shape index (κ2) is 9.32. The van der Waals surface area contributed by atoms with E-state index in [9.17, 15) is 9.18 Å². The molecule has 6 heteroatoms. The molecule has 0 amide bonds. The number of aliphatic carboxylic acids is 1. The second-order valence-corrected chi connectivity index (χ2v) is 6.24. The van der Waals surface area contributed by atoms with E-state index in [2.05, 4.69) is 5.16 Å². The topological polar surface area (TPSA) is 66.6 Å². The van der Waals surface area contributed by atoms with Crippen LogP contribution in [0.3, 0.4) is 0 Å². The van der Waals surface area contributed by atoms with Crippen molar-refractivity contribution in [3.63, 3.8) is 0 Å². The van der Waals surface area contributed by atoms with Crippen LogP contribution in [0.15, 0.2) is 34.9 Å². The average molecular weight is 348 g/mol. The van der Waals surface area contributed by atoms with Gasteiger partial charge >= 0.3 is 5.97 Å². The van der Waals surface area contributed by atoms with Gasteiger partial charge in [0.25, 0.3) is 0 Å². The SMILES string of the molecule is CCC(C(=O)O)N(C)CCCCCc1cc(-c2cccc(F)c2)no1. The van der Waals surface area contributed by atoms with Gasteiger partial charge in [0.15, 0.2) is 0 Å². The van der Waals surface area contributed by atoms with Crippen molar-refractivity contribution in [3.05, 3.63) is 41.9 Å². The first-order valence-corrected chi connectivity index (χ1v) is 8.65. The quantitative estimate of drug-likeness (QED) is 0.658. The van der Waals surface area contributed by atoms with Gasteiger partial charge in [-0.15, -0.1) is 0 Å². The fraction of sp³-hybridized carbons (Fsp3) is 0.474. The van der Waals surface area contributed by atoms with Crippen LogP contribution in [0.5, 0.6) is 0 Å². The molecule has 0 aliphatic heterocycles. The molecule has 2 rings (SSSR count). The molecule has 0 spiro atoms. The largest absolute Gasteiger partial charge is 0.480 e. The lowest BCUT2D eigenvalue weighted by molar-refractivity contribution is -0.142. The molecule has 0 fully saturated rings. The van der Waals surface area contributed by atoms with E-state index in [1.807, 2.05) is 24.9 Å². The number of rotatable bonds is 10. The first-order valence-electron chi connectivity index (χ1n) is 8.65. The van der Waals surface area contributed by atoms with E-state index < -0.39 is 12.0 Å². The summed E-state index contributed by atoms with van der Waals surface area (Å²) in [6.45, 7) is 2.64. The van der Waals surface area contributed by atoms with E-state index in [0.29, 0.717) is 17.7 Å². The molecule has 0 bridgehead atoms. The number of aromatic nitrogens is 1. The highest BCUT2D eigenvalue weighted by atomic mass is 19.1. The monoisotopic (exact) mass is 348 g/mol. The molecule has 2 aromatic rings. The van der Waals surface area contributed by atoms with E-state index in [-0.39, 0.29) is 5.82 Å². The molecule has 1 atom stereocenters. The lowest BCUT2D eigenvalue weighted by Gasteiger charge is -2.23. The van der Waals surface area contributed by atoms with Crippen LogP contribution in [-0.4, -0.2) is 40.8 Å². The molecule has 1 aromatic heterocycles. The second-order valence-electron chi connectivity index (χ2n) is 6.24. The van der Waals surface area contributed by atoms with E-state index in [1.165, 1.54) is 12.1 Å². The molecule has 1 aromatic carbocycles. The predicted octanol–water partition coefficient (Wildman–Crippen LogP) is 3.99. The molecule has 1 heterocycles. The molecule has 1 unspecified atom stereocenters. The Bertz CT molecular complexity index is 687. The van der Waals surface area contributed by atoms with Gasteiger partial charge in [-0.1, -0.05) is 30.6 Å². The van der Waals surface area contributed by atoms with Crippen molar-refractivity contribution < 1.29 is 18.8 Å². The van der Waals surface area contributed by atoms with Crippen LogP contribution in [-0.2, 0) is 11.2 Å². The Morgan fingerprint density at radius 2 is 2.12 bits per heavy atom. The lowest BCUT2D eigenvalue weighted by Crippen LogP contribution is -2.38. The van der Waals surface area contributed by atoms with E-state index in [4.69, 9.17) is 9.63 Å². The van der Waals surface area contributed by atoms with Crippen molar-refractivity contribution in [2.45, 2.75) is 45.1 Å². The van der Waals surface area contributed by atoms with Crippen molar-refractivity contribution in [3.8, 4) is 11.3 Å². The third-order valence-electron chi connectivity index (χ3n) is 4.32. The number of likely N-dealkylation sites (N-methyl/N-ethyl adjacent to an activating group) is 1. The van der Waals surface area contributed by atoms with Crippen LogP contribution < -0.4 is 0 Å². The number of aryl methyl sites for hydroxylation is 1. The van der Waals surface area contributed by atoms with Gasteiger partial charge in [-0.25, -0.2) is 4.39 Å². The van der Waals surface area contributed by atoms with E-state index in [1.54, 1.807) is 12.1 Å². The summed E-state index contributed by atoms with van der Waals surface area (Å²) in [6.07, 6.45) is 4.23. The van der Waals surface area contributed by atoms with Gasteiger partial charge in [-0.2, -0.15) is 0 Å². The van der Waals surface area contributed by atoms with Crippen molar-refractivity contribution in [2.24, 2.45) is 0 Å². The summed E-state index contributed by atoms with van der Waals surface area (Å²) >= 11 is 0. The molecule has 0 saturated carbocycles. The molecule has 0 aliphatic carbocycles. The Kier molecular flexibility index (Phi) is 7.13. The normalized spacial score (nSPS) is 12.5. The minimum absolute atomic E-state index is 0.294. The molecule has 0 saturated heterocycles. The number of benzene rings is 1. The van der Waals surface area contributed by atoms with Gasteiger partial charge in [0.1, 0.15) is 23.3 Å². The molecule has 0 radical (unpaired) electrons. The zero-order valence-electron chi connectivity index (χ0n) is 14.7. The number of hydrogen-bond acceptors (Lipinski definition) is 4. The molecular weight excluding hydrogens is 323 g/mol. The molecule has 1 N–H and O–H groups in total. The summed E-state index contributed by atoms with van der Waals surface area (Å²) in [5.41, 5.74) is 1.34. The van der Waals surface area contributed by atoms with Crippen molar-refractivity contribution >= 4 is 5.97 Å². The standard InChI is InChI=1S/C19H25FN2O3/c1-3-18(19(23)24)22(2)11-6-4-5-10-16-13-17(21-25-16)14-8-7-9-15(20)12-14/h7-9,12-13,18H,3-6,10-11H2,1-2H3,(H,23,24). The number of carboxylic acid groups (broad SMARTS) is 1. The van der Waals surface area contributed by atoms with Crippen LogP contribution in [0.1, 0.15) is 38.4 Å². The maximum atomic E-state index is 13.2. The Labute approximate surface area is 147 Å². The third kappa shape index (κ3) is 5.67. The summed E-state index contributed by atoms with van der Waals surface area (Å²) < 4.78 is 18.6. The van der Waals surface area contributed by atoms with Crippen molar-refractivity contribution in [2.75, 3.05) is 13.6 Å². The zero-order valence-corrected chi connectivity index (χ0v) is 14.7. The van der Waals surface area contributed by atoms with Gasteiger partial charge in [0, 0.05) is 18.1 Å². The van der Waals surface area contributed by atoms with Crippen LogP contribution >= 0.6 is 0 Å². The minimum Gasteiger partial charge on any atom is -0.480 e. The van der Waals surface area contributed by atoms with Crippen LogP contribution in [0.25, 0.3) is 11.3 Å². The fourth-order valence-corrected chi connectivity index (χ4v) is 2.88. The van der Waals surface area contributed by atoms with Crippen molar-refractivity contribution in [1.82, 2.24) is 10.1 Å². The smallest absolute Gasteiger partial charge is 0.320 e. The fourth-order valence-electron chi connectivity index (χ4n) is 2.88. The number of unbranched alkanes of at least 4 members (excludes halogenated alkanes) is 2. The first-order chi connectivity index (χ1) is 12.0. The van der Waals surface area contributed by atoms with E-state index in [0.717, 1.165) is 38.0 Å². The Balaban J connectivity index is 1.73. The third-order valence-corrected chi connectivity index (χ3v) is 4.32. The van der Waals surface area contributed by atoms with Gasteiger partial charge in [0.2, 0.25) is 0 Å². The maximum Gasteiger partial charge on any atom is 0.320 e. The van der Waals surface area contributed by atoms with Gasteiger partial charge < -0.3 is 9.63 Å². The number of carbonyl (C=O) groups is 1. The van der Waals surface area contributed by atoms with Crippen LogP contribution in [0.4, 0.5) is 4.39 Å². The first kappa shape index (κ1) is 19.1. The van der Waals surface area contributed by atoms with E-state index >= 15 is 0 Å². The summed E-state index contributed by atoms with van der Waals surface area (Å²) in [5.74, 6) is -0.279. The van der Waals surface area contributed by atoms with Crippen molar-refractivity contribution in [1.29, 1.82) is 0 Å². The molecule has 136 valence electrons. The van der Waals surface area contributed by atoms with Crippen LogP contribution in [0.2, 0.25) is 0 Å². The molecule has 25 heavy (non-hydrogen) atoms. The van der Waals surface area contributed by atoms with Gasteiger partial charge in [-0.05, 0) is 45.0 Å². The van der Waals surface area contributed by atoms with Gasteiger partial charge in [-0.3, -0.25) is 9.69 Å². The summed E-state index contributed by atoms with van der Waals surface area (Å²) in [6, 6.07) is 7.71. The molecule has 0 aliphatic rings. The number of carboxylic acids is 1. The number of hydrogen-bond donors (Lipinski definition) is 1. The maximum absolute atomic E-state index is 13.2.